The molecule has 4 rings (SSSR count). The highest BCUT2D eigenvalue weighted by Gasteiger charge is 2.53. The van der Waals surface area contributed by atoms with Crippen molar-refractivity contribution in [3.63, 3.8) is 0 Å². The second-order valence-corrected chi connectivity index (χ2v) is 8.72. The molecule has 5 nitrogen and oxygen atoms in total. The molecule has 0 fully saturated rings. The number of anilines is 1. The topological polar surface area (TPSA) is 56.7 Å². The number of urea groups is 1. The standard InChI is InChI=1S/C25H22ClF4N3O2/c26-19-4-7-22-21(14-19)24(10-1-13-34,18-2-5-20(27)6-3-18)33(16-25(28,29)30)23(35)32(22)15-17-8-11-31-12-9-17/h2-9,11-12,14,34H,1,10,13,15-16H2. The zero-order valence-electron chi connectivity index (χ0n) is 18.5. The number of benzene rings is 2. The van der Waals surface area contributed by atoms with Crippen LogP contribution < -0.4 is 4.90 Å². The minimum atomic E-state index is -4.72. The number of aromatic nitrogens is 1. The SMILES string of the molecule is O=C1N(Cc2ccncc2)c2ccc(Cl)cc2C(CCCO)(c2ccc(F)cc2)N1CC(F)(F)F. The van der Waals surface area contributed by atoms with Gasteiger partial charge < -0.3 is 10.0 Å². The first kappa shape index (κ1) is 24.9. The van der Waals surface area contributed by atoms with Gasteiger partial charge in [-0.05, 0) is 66.4 Å². The summed E-state index contributed by atoms with van der Waals surface area (Å²) in [4.78, 5) is 19.8. The number of carbonyl (C=O) groups excluding carboxylic acids is 1. The van der Waals surface area contributed by atoms with Gasteiger partial charge in [-0.15, -0.1) is 0 Å². The third-order valence-electron chi connectivity index (χ3n) is 6.06. The second kappa shape index (κ2) is 9.83. The summed E-state index contributed by atoms with van der Waals surface area (Å²) in [6.07, 6.45) is -1.60. The molecule has 1 unspecified atom stereocenters. The van der Waals surface area contributed by atoms with Crippen molar-refractivity contribution in [2.24, 2.45) is 0 Å². The summed E-state index contributed by atoms with van der Waals surface area (Å²) in [5.41, 5.74) is 0.0700. The van der Waals surface area contributed by atoms with Crippen LogP contribution in [0.4, 0.5) is 28.0 Å². The fraction of sp³-hybridized carbons (Fsp3) is 0.280. The van der Waals surface area contributed by atoms with E-state index in [0.717, 1.165) is 17.0 Å². The Bertz CT molecular complexity index is 1190. The van der Waals surface area contributed by atoms with Crippen LogP contribution in [-0.4, -0.2) is 40.3 Å². The smallest absolute Gasteiger partial charge is 0.396 e. The number of carbonyl (C=O) groups is 1. The number of rotatable bonds is 7. The van der Waals surface area contributed by atoms with Gasteiger partial charge in [-0.2, -0.15) is 13.2 Å². The highest BCUT2D eigenvalue weighted by Crippen LogP contribution is 2.50. The van der Waals surface area contributed by atoms with Crippen LogP contribution in [0.5, 0.6) is 0 Å². The third-order valence-corrected chi connectivity index (χ3v) is 6.30. The molecule has 1 aliphatic heterocycles. The van der Waals surface area contributed by atoms with Gasteiger partial charge in [-0.25, -0.2) is 9.18 Å². The number of nitrogens with zero attached hydrogens (tertiary/aromatic N) is 3. The van der Waals surface area contributed by atoms with Crippen molar-refractivity contribution in [1.29, 1.82) is 0 Å². The zero-order valence-corrected chi connectivity index (χ0v) is 19.2. The number of aliphatic hydroxyl groups excluding tert-OH is 1. The van der Waals surface area contributed by atoms with E-state index >= 15 is 0 Å². The first-order valence-corrected chi connectivity index (χ1v) is 11.3. The number of fused-ring (bicyclic) bond motifs is 1. The van der Waals surface area contributed by atoms with Crippen LogP contribution in [0.15, 0.2) is 67.0 Å². The highest BCUT2D eigenvalue weighted by molar-refractivity contribution is 6.30. The largest absolute Gasteiger partial charge is 0.406 e. The maximum atomic E-state index is 13.9. The van der Waals surface area contributed by atoms with Crippen molar-refractivity contribution >= 4 is 23.3 Å². The van der Waals surface area contributed by atoms with Gasteiger partial charge in [0.15, 0.2) is 0 Å². The lowest BCUT2D eigenvalue weighted by atomic mass is 9.75. The molecular weight excluding hydrogens is 486 g/mol. The molecule has 184 valence electrons. The van der Waals surface area contributed by atoms with E-state index in [1.165, 1.54) is 35.5 Å². The zero-order chi connectivity index (χ0) is 25.2. The number of alkyl halides is 3. The van der Waals surface area contributed by atoms with Crippen LogP contribution in [0.3, 0.4) is 0 Å². The Kier molecular flexibility index (Phi) is 7.00. The van der Waals surface area contributed by atoms with Crippen LogP contribution in [0.25, 0.3) is 0 Å². The minimum absolute atomic E-state index is 0.00381. The van der Waals surface area contributed by atoms with Crippen molar-refractivity contribution < 1.29 is 27.5 Å². The van der Waals surface area contributed by atoms with Gasteiger partial charge in [0, 0.05) is 29.6 Å². The van der Waals surface area contributed by atoms with Gasteiger partial charge >= 0.3 is 12.2 Å². The Labute approximate surface area is 204 Å². The lowest BCUT2D eigenvalue weighted by molar-refractivity contribution is -0.149. The third kappa shape index (κ3) is 4.97. The van der Waals surface area contributed by atoms with Gasteiger partial charge in [0.25, 0.3) is 0 Å². The normalized spacial score (nSPS) is 18.1. The van der Waals surface area contributed by atoms with E-state index in [1.54, 1.807) is 24.3 Å². The minimum Gasteiger partial charge on any atom is -0.396 e. The summed E-state index contributed by atoms with van der Waals surface area (Å²) in [6.45, 7) is -1.86. The molecule has 1 aromatic heterocycles. The maximum Gasteiger partial charge on any atom is 0.406 e. The van der Waals surface area contributed by atoms with Crippen molar-refractivity contribution in [1.82, 2.24) is 9.88 Å². The van der Waals surface area contributed by atoms with Gasteiger partial charge in [0.2, 0.25) is 0 Å². The lowest BCUT2D eigenvalue weighted by Gasteiger charge is -2.52. The molecule has 35 heavy (non-hydrogen) atoms. The van der Waals surface area contributed by atoms with Gasteiger partial charge in [0.05, 0.1) is 17.8 Å². The Hall–Kier alpha value is -3.17. The van der Waals surface area contributed by atoms with Gasteiger partial charge in [-0.1, -0.05) is 23.7 Å². The molecule has 1 N–H and O–H groups in total. The molecule has 2 aromatic carbocycles. The first-order valence-electron chi connectivity index (χ1n) is 10.9. The van der Waals surface area contributed by atoms with Crippen LogP contribution in [-0.2, 0) is 12.1 Å². The summed E-state index contributed by atoms with van der Waals surface area (Å²) >= 11 is 6.31. The number of aliphatic hydroxyl groups is 1. The molecule has 0 bridgehead atoms. The first-order chi connectivity index (χ1) is 16.7. The monoisotopic (exact) mass is 507 g/mol. The number of pyridine rings is 1. The van der Waals surface area contributed by atoms with Crippen LogP contribution in [0.1, 0.15) is 29.5 Å². The Morgan fingerprint density at radius 3 is 2.34 bits per heavy atom. The highest BCUT2D eigenvalue weighted by atomic mass is 35.5. The number of hydrogen-bond acceptors (Lipinski definition) is 3. The molecule has 0 spiro atoms. The van der Waals surface area contributed by atoms with E-state index in [-0.39, 0.29) is 36.6 Å². The van der Waals surface area contributed by atoms with E-state index in [1.807, 2.05) is 0 Å². The van der Waals surface area contributed by atoms with E-state index in [9.17, 15) is 27.5 Å². The molecule has 1 atom stereocenters. The fourth-order valence-electron chi connectivity index (χ4n) is 4.62. The van der Waals surface area contributed by atoms with Crippen molar-refractivity contribution in [3.8, 4) is 0 Å². The molecule has 0 saturated carbocycles. The number of hydrogen-bond donors (Lipinski definition) is 1. The Morgan fingerprint density at radius 1 is 1.03 bits per heavy atom. The van der Waals surface area contributed by atoms with Crippen LogP contribution >= 0.6 is 11.6 Å². The van der Waals surface area contributed by atoms with Crippen LogP contribution in [0.2, 0.25) is 5.02 Å². The molecule has 0 saturated heterocycles. The molecule has 0 radical (unpaired) electrons. The summed E-state index contributed by atoms with van der Waals surface area (Å²) in [7, 11) is 0. The fourth-order valence-corrected chi connectivity index (χ4v) is 4.80. The molecule has 1 aliphatic rings. The van der Waals surface area contributed by atoms with Crippen molar-refractivity contribution in [2.75, 3.05) is 18.1 Å². The summed E-state index contributed by atoms with van der Waals surface area (Å²) in [6, 6.07) is 12.2. The summed E-state index contributed by atoms with van der Waals surface area (Å²) in [5, 5.41) is 9.88. The predicted molar refractivity (Wildman–Crippen MR) is 124 cm³/mol. The van der Waals surface area contributed by atoms with Crippen molar-refractivity contribution in [2.45, 2.75) is 31.1 Å². The number of halogens is 5. The summed E-state index contributed by atoms with van der Waals surface area (Å²) < 4.78 is 55.5. The summed E-state index contributed by atoms with van der Waals surface area (Å²) in [5.74, 6) is -0.568. The lowest BCUT2D eigenvalue weighted by Crippen LogP contribution is -2.61. The van der Waals surface area contributed by atoms with E-state index in [0.29, 0.717) is 16.8 Å². The van der Waals surface area contributed by atoms with E-state index < -0.39 is 30.1 Å². The van der Waals surface area contributed by atoms with E-state index in [4.69, 9.17) is 11.6 Å². The number of amides is 2. The van der Waals surface area contributed by atoms with Crippen LogP contribution in [0, 0.1) is 5.82 Å². The maximum absolute atomic E-state index is 13.9. The molecule has 0 aliphatic carbocycles. The van der Waals surface area contributed by atoms with Crippen molar-refractivity contribution in [3.05, 3.63) is 94.5 Å². The molecule has 2 amide bonds. The quantitative estimate of drug-likeness (QED) is 0.405. The molecular formula is C25H22ClF4N3O2. The second-order valence-electron chi connectivity index (χ2n) is 8.28. The Morgan fingerprint density at radius 2 is 1.71 bits per heavy atom. The molecule has 3 aromatic rings. The molecule has 2 heterocycles. The average molecular weight is 508 g/mol. The van der Waals surface area contributed by atoms with Gasteiger partial charge in [-0.3, -0.25) is 9.88 Å². The van der Waals surface area contributed by atoms with Gasteiger partial charge in [0.1, 0.15) is 12.4 Å². The Balaban J connectivity index is 2.00. The predicted octanol–water partition coefficient (Wildman–Crippen LogP) is 5.89. The average Bonchev–Trinajstić information content (AvgIpc) is 2.82. The molecule has 10 heteroatoms. The van der Waals surface area contributed by atoms with E-state index in [2.05, 4.69) is 4.98 Å².